The van der Waals surface area contributed by atoms with E-state index in [1.807, 2.05) is 0 Å². The third kappa shape index (κ3) is 2.08. The maximum Gasteiger partial charge on any atom is 0.0726 e. The number of hydrogen-bond acceptors (Lipinski definition) is 0. The van der Waals surface area contributed by atoms with E-state index in [2.05, 4.69) is 117 Å². The summed E-state index contributed by atoms with van der Waals surface area (Å²) in [4.78, 5) is 0. The summed E-state index contributed by atoms with van der Waals surface area (Å²) < 4.78 is 0. The first-order chi connectivity index (χ1) is 15.7. The van der Waals surface area contributed by atoms with Crippen LogP contribution in [0.2, 0.25) is 0 Å². The topological polar surface area (TPSA) is 0 Å². The van der Waals surface area contributed by atoms with Gasteiger partial charge in [-0.05, 0) is 78.9 Å². The molecular weight excluding hydrogens is 384 g/mol. The summed E-state index contributed by atoms with van der Waals surface area (Å²) in [5.41, 5.74) is 12.4. The van der Waals surface area contributed by atoms with Gasteiger partial charge in [0, 0.05) is 0 Å². The van der Waals surface area contributed by atoms with Crippen LogP contribution in [0.25, 0.3) is 33.0 Å². The molecule has 7 rings (SSSR count). The molecule has 32 heavy (non-hydrogen) atoms. The van der Waals surface area contributed by atoms with Gasteiger partial charge in [-0.3, -0.25) is 0 Å². The Morgan fingerprint density at radius 2 is 1.28 bits per heavy atom. The van der Waals surface area contributed by atoms with Crippen molar-refractivity contribution in [3.63, 3.8) is 0 Å². The van der Waals surface area contributed by atoms with E-state index in [0.717, 1.165) is 0 Å². The molecule has 0 aliphatic heterocycles. The van der Waals surface area contributed by atoms with Gasteiger partial charge in [-0.25, -0.2) is 0 Å². The predicted octanol–water partition coefficient (Wildman–Crippen LogP) is 8.31. The molecule has 2 aliphatic carbocycles. The molecule has 0 heterocycles. The highest BCUT2D eigenvalue weighted by molar-refractivity contribution is 6.06. The van der Waals surface area contributed by atoms with Crippen molar-refractivity contribution in [1.29, 1.82) is 0 Å². The molecule has 0 aromatic heterocycles. The molecule has 152 valence electrons. The zero-order chi connectivity index (χ0) is 21.4. The summed E-state index contributed by atoms with van der Waals surface area (Å²) in [6, 6.07) is 38.7. The van der Waals surface area contributed by atoms with Gasteiger partial charge in [0.2, 0.25) is 0 Å². The Bertz CT molecular complexity index is 1540. The SMILES string of the molecule is CC(C)c1ccc2c(c1)C1(c3ccccc3-2)c2cccc3cc(-c4ccccc4)cc1c23. The lowest BCUT2D eigenvalue weighted by atomic mass is 9.57. The zero-order valence-corrected chi connectivity index (χ0v) is 18.4. The van der Waals surface area contributed by atoms with Crippen LogP contribution in [0, 0.1) is 0 Å². The van der Waals surface area contributed by atoms with E-state index in [1.165, 1.54) is 60.8 Å². The standard InChI is InChI=1S/C32H24/c1-20(2)22-15-16-26-25-12-6-7-13-27(25)32(29(26)18-22)28-14-8-11-23-17-24(19-30(32)31(23)28)21-9-4-3-5-10-21/h3-20H,1-2H3. The second-order valence-electron chi connectivity index (χ2n) is 9.55. The third-order valence-corrected chi connectivity index (χ3v) is 7.63. The largest absolute Gasteiger partial charge is 0.0726 e. The molecule has 0 heteroatoms. The van der Waals surface area contributed by atoms with Crippen LogP contribution in [0.4, 0.5) is 0 Å². The molecule has 0 N–H and O–H groups in total. The lowest BCUT2D eigenvalue weighted by molar-refractivity contribution is 0.740. The quantitative estimate of drug-likeness (QED) is 0.270. The molecule has 2 aliphatic rings. The van der Waals surface area contributed by atoms with Crippen molar-refractivity contribution in [2.24, 2.45) is 0 Å². The van der Waals surface area contributed by atoms with Crippen LogP contribution in [0.5, 0.6) is 0 Å². The fraction of sp³-hybridized carbons (Fsp3) is 0.125. The van der Waals surface area contributed by atoms with Crippen LogP contribution in [0.3, 0.4) is 0 Å². The van der Waals surface area contributed by atoms with E-state index in [0.29, 0.717) is 5.92 Å². The molecule has 0 nitrogen and oxygen atoms in total. The molecule has 1 spiro atoms. The Morgan fingerprint density at radius 3 is 2.12 bits per heavy atom. The highest BCUT2D eigenvalue weighted by Gasteiger charge is 2.53. The Balaban J connectivity index is 1.60. The first kappa shape index (κ1) is 18.0. The van der Waals surface area contributed by atoms with Gasteiger partial charge in [0.25, 0.3) is 0 Å². The Labute approximate surface area is 189 Å². The first-order valence-corrected chi connectivity index (χ1v) is 11.6. The van der Waals surface area contributed by atoms with Gasteiger partial charge in [0.1, 0.15) is 0 Å². The summed E-state index contributed by atoms with van der Waals surface area (Å²) in [5, 5.41) is 2.78. The molecular formula is C32H24. The van der Waals surface area contributed by atoms with Crippen LogP contribution in [-0.4, -0.2) is 0 Å². The summed E-state index contributed by atoms with van der Waals surface area (Å²) in [7, 11) is 0. The zero-order valence-electron chi connectivity index (χ0n) is 18.4. The predicted molar refractivity (Wildman–Crippen MR) is 134 cm³/mol. The Kier molecular flexibility index (Phi) is 3.49. The van der Waals surface area contributed by atoms with E-state index in [4.69, 9.17) is 0 Å². The number of fused-ring (bicyclic) bond motifs is 7. The fourth-order valence-corrected chi connectivity index (χ4v) is 6.15. The van der Waals surface area contributed by atoms with Crippen molar-refractivity contribution < 1.29 is 0 Å². The summed E-state index contributed by atoms with van der Waals surface area (Å²) in [5.74, 6) is 0.507. The van der Waals surface area contributed by atoms with E-state index in [9.17, 15) is 0 Å². The molecule has 0 radical (unpaired) electrons. The van der Waals surface area contributed by atoms with Crippen molar-refractivity contribution in [3.8, 4) is 22.3 Å². The molecule has 5 aromatic carbocycles. The molecule has 0 saturated carbocycles. The smallest absolute Gasteiger partial charge is 0.0622 e. The summed E-state index contributed by atoms with van der Waals surface area (Å²) in [6.45, 7) is 4.58. The molecule has 1 atom stereocenters. The second-order valence-corrected chi connectivity index (χ2v) is 9.55. The van der Waals surface area contributed by atoms with Crippen molar-refractivity contribution >= 4 is 10.8 Å². The van der Waals surface area contributed by atoms with Crippen molar-refractivity contribution in [1.82, 2.24) is 0 Å². The molecule has 5 aromatic rings. The minimum absolute atomic E-state index is 0.170. The van der Waals surface area contributed by atoms with Gasteiger partial charge >= 0.3 is 0 Å². The Morgan fingerprint density at radius 1 is 0.531 bits per heavy atom. The lowest BCUT2D eigenvalue weighted by Gasteiger charge is -2.44. The van der Waals surface area contributed by atoms with Crippen LogP contribution in [0.15, 0.2) is 103 Å². The minimum atomic E-state index is -0.170. The van der Waals surface area contributed by atoms with E-state index in [-0.39, 0.29) is 5.41 Å². The van der Waals surface area contributed by atoms with E-state index in [1.54, 1.807) is 0 Å². The average Bonchev–Trinajstić information content (AvgIpc) is 3.15. The molecule has 1 unspecified atom stereocenters. The van der Waals surface area contributed by atoms with E-state index < -0.39 is 0 Å². The van der Waals surface area contributed by atoms with E-state index >= 15 is 0 Å². The van der Waals surface area contributed by atoms with Crippen LogP contribution >= 0.6 is 0 Å². The van der Waals surface area contributed by atoms with Crippen molar-refractivity contribution in [2.75, 3.05) is 0 Å². The highest BCUT2D eigenvalue weighted by atomic mass is 14.5. The number of rotatable bonds is 2. The number of hydrogen-bond donors (Lipinski definition) is 0. The van der Waals surface area contributed by atoms with Gasteiger partial charge < -0.3 is 0 Å². The van der Waals surface area contributed by atoms with Gasteiger partial charge in [-0.15, -0.1) is 0 Å². The van der Waals surface area contributed by atoms with Gasteiger partial charge in [0.05, 0.1) is 5.41 Å². The second kappa shape index (κ2) is 6.20. The normalized spacial score (nSPS) is 17.5. The highest BCUT2D eigenvalue weighted by Crippen LogP contribution is 2.64. The lowest BCUT2D eigenvalue weighted by Crippen LogP contribution is -2.36. The Hall–Kier alpha value is -3.64. The molecule has 0 saturated heterocycles. The van der Waals surface area contributed by atoms with Crippen LogP contribution in [0.1, 0.15) is 47.6 Å². The first-order valence-electron chi connectivity index (χ1n) is 11.6. The minimum Gasteiger partial charge on any atom is -0.0622 e. The van der Waals surface area contributed by atoms with Crippen LogP contribution < -0.4 is 0 Å². The van der Waals surface area contributed by atoms with Crippen molar-refractivity contribution in [3.05, 3.63) is 131 Å². The molecule has 0 amide bonds. The maximum atomic E-state index is 2.48. The van der Waals surface area contributed by atoms with Gasteiger partial charge in [0.15, 0.2) is 0 Å². The van der Waals surface area contributed by atoms with Crippen molar-refractivity contribution in [2.45, 2.75) is 25.2 Å². The third-order valence-electron chi connectivity index (χ3n) is 7.63. The summed E-state index contributed by atoms with van der Waals surface area (Å²) >= 11 is 0. The van der Waals surface area contributed by atoms with Crippen LogP contribution in [-0.2, 0) is 5.41 Å². The fourth-order valence-electron chi connectivity index (χ4n) is 6.15. The van der Waals surface area contributed by atoms with Gasteiger partial charge in [-0.1, -0.05) is 105 Å². The summed E-state index contributed by atoms with van der Waals surface area (Å²) in [6.07, 6.45) is 0. The average molecular weight is 409 g/mol. The maximum absolute atomic E-state index is 2.48. The molecule has 0 bridgehead atoms. The monoisotopic (exact) mass is 408 g/mol. The molecule has 0 fully saturated rings. The number of benzene rings is 5. The van der Waals surface area contributed by atoms with Gasteiger partial charge in [-0.2, -0.15) is 0 Å².